The molecule has 2 heterocycles. The van der Waals surface area contributed by atoms with Crippen molar-refractivity contribution < 1.29 is 31.1 Å². The molecule has 0 fully saturated rings. The normalized spacial score (nSPS) is 11.6. The standard InChI is InChI=1S/C6H3ClF3N.C6H4F3NO/c7-5-4(6(8,9)10)2-1-3-11-5;7-6(8,9)5-2-1-3-10(11)4-5/h1-3H;1-4H. The molecule has 0 aliphatic heterocycles. The third kappa shape index (κ3) is 5.40. The summed E-state index contributed by atoms with van der Waals surface area (Å²) in [7, 11) is 0. The summed E-state index contributed by atoms with van der Waals surface area (Å²) in [5.74, 6) is 0. The van der Waals surface area contributed by atoms with Crippen LogP contribution in [0.15, 0.2) is 42.9 Å². The summed E-state index contributed by atoms with van der Waals surface area (Å²) >= 11 is 5.18. The summed E-state index contributed by atoms with van der Waals surface area (Å²) in [5.41, 5.74) is -1.84. The van der Waals surface area contributed by atoms with E-state index in [0.29, 0.717) is 6.20 Å². The summed E-state index contributed by atoms with van der Waals surface area (Å²) in [6.45, 7) is 0. The van der Waals surface area contributed by atoms with E-state index in [9.17, 15) is 31.5 Å². The van der Waals surface area contributed by atoms with E-state index in [1.165, 1.54) is 12.3 Å². The molecule has 0 aliphatic carbocycles. The van der Waals surface area contributed by atoms with Crippen molar-refractivity contribution in [3.05, 3.63) is 64.3 Å². The van der Waals surface area contributed by atoms with Gasteiger partial charge >= 0.3 is 12.4 Å². The molecule has 0 aromatic carbocycles. The van der Waals surface area contributed by atoms with Gasteiger partial charge < -0.3 is 5.21 Å². The van der Waals surface area contributed by atoms with Crippen molar-refractivity contribution in [2.75, 3.05) is 0 Å². The lowest BCUT2D eigenvalue weighted by Gasteiger charge is -2.05. The van der Waals surface area contributed by atoms with E-state index in [2.05, 4.69) is 4.98 Å². The zero-order chi connectivity index (χ0) is 17.0. The average Bonchev–Trinajstić information content (AvgIpc) is 2.37. The minimum Gasteiger partial charge on any atom is -0.619 e. The molecule has 10 heteroatoms. The highest BCUT2D eigenvalue weighted by atomic mass is 35.5. The highest BCUT2D eigenvalue weighted by Gasteiger charge is 2.33. The number of aromatic nitrogens is 2. The van der Waals surface area contributed by atoms with Gasteiger partial charge in [-0.1, -0.05) is 11.6 Å². The van der Waals surface area contributed by atoms with Gasteiger partial charge in [-0.05, 0) is 18.2 Å². The first-order valence-corrected chi connectivity index (χ1v) is 5.83. The van der Waals surface area contributed by atoms with Crippen LogP contribution in [0.2, 0.25) is 5.15 Å². The summed E-state index contributed by atoms with van der Waals surface area (Å²) in [6, 6.07) is 3.97. The Morgan fingerprint density at radius 1 is 1.00 bits per heavy atom. The maximum Gasteiger partial charge on any atom is 0.422 e. The van der Waals surface area contributed by atoms with Crippen LogP contribution in [0.1, 0.15) is 11.1 Å². The van der Waals surface area contributed by atoms with E-state index in [1.54, 1.807) is 0 Å². The molecule has 0 saturated carbocycles. The van der Waals surface area contributed by atoms with Crippen LogP contribution in [0.3, 0.4) is 0 Å². The van der Waals surface area contributed by atoms with E-state index < -0.39 is 28.6 Å². The summed E-state index contributed by atoms with van der Waals surface area (Å²) < 4.78 is 71.3. The van der Waals surface area contributed by atoms with Gasteiger partial charge in [0.15, 0.2) is 12.4 Å². The predicted octanol–water partition coefficient (Wildman–Crippen LogP) is 4.09. The molecular formula is C12H7ClF6N2O. The van der Waals surface area contributed by atoms with Crippen molar-refractivity contribution in [1.29, 1.82) is 0 Å². The second-order valence-electron chi connectivity index (χ2n) is 3.79. The highest BCUT2D eigenvalue weighted by molar-refractivity contribution is 6.30. The van der Waals surface area contributed by atoms with Gasteiger partial charge in [0, 0.05) is 12.3 Å². The van der Waals surface area contributed by atoms with Crippen LogP contribution in [0, 0.1) is 5.21 Å². The average molecular weight is 345 g/mol. The van der Waals surface area contributed by atoms with Crippen LogP contribution in [0.4, 0.5) is 26.3 Å². The lowest BCUT2D eigenvalue weighted by atomic mass is 10.3. The molecule has 0 N–H and O–H groups in total. The van der Waals surface area contributed by atoms with Gasteiger partial charge in [-0.3, -0.25) is 0 Å². The third-order valence-corrected chi connectivity index (χ3v) is 2.47. The number of rotatable bonds is 0. The van der Waals surface area contributed by atoms with Crippen LogP contribution in [-0.4, -0.2) is 4.98 Å². The van der Waals surface area contributed by atoms with Crippen molar-refractivity contribution in [2.24, 2.45) is 0 Å². The Labute approximate surface area is 125 Å². The first-order valence-electron chi connectivity index (χ1n) is 5.45. The molecule has 0 amide bonds. The molecule has 2 rings (SSSR count). The third-order valence-electron chi connectivity index (χ3n) is 2.17. The Morgan fingerprint density at radius 2 is 1.64 bits per heavy atom. The van der Waals surface area contributed by atoms with Crippen molar-refractivity contribution in [3.8, 4) is 0 Å². The smallest absolute Gasteiger partial charge is 0.422 e. The lowest BCUT2D eigenvalue weighted by Crippen LogP contribution is -2.26. The van der Waals surface area contributed by atoms with Crippen LogP contribution in [-0.2, 0) is 12.4 Å². The van der Waals surface area contributed by atoms with Gasteiger partial charge in [-0.15, -0.1) is 0 Å². The van der Waals surface area contributed by atoms with Gasteiger partial charge in [0.2, 0.25) is 0 Å². The van der Waals surface area contributed by atoms with Gasteiger partial charge in [-0.2, -0.15) is 31.1 Å². The van der Waals surface area contributed by atoms with Crippen LogP contribution >= 0.6 is 11.6 Å². The van der Waals surface area contributed by atoms with E-state index in [4.69, 9.17) is 11.6 Å². The Morgan fingerprint density at radius 3 is 2.00 bits per heavy atom. The second kappa shape index (κ2) is 6.82. The van der Waals surface area contributed by atoms with Crippen LogP contribution < -0.4 is 4.73 Å². The molecular weight excluding hydrogens is 338 g/mol. The van der Waals surface area contributed by atoms with Crippen molar-refractivity contribution >= 4 is 11.6 Å². The molecule has 2 aromatic heterocycles. The minimum absolute atomic E-state index is 0.114. The molecule has 0 unspecified atom stereocenters. The van der Waals surface area contributed by atoms with E-state index in [-0.39, 0.29) is 4.73 Å². The van der Waals surface area contributed by atoms with Gasteiger partial charge in [0.1, 0.15) is 10.7 Å². The molecule has 0 atom stereocenters. The molecule has 0 bridgehead atoms. The van der Waals surface area contributed by atoms with E-state index in [0.717, 1.165) is 24.4 Å². The van der Waals surface area contributed by atoms with Crippen molar-refractivity contribution in [3.63, 3.8) is 0 Å². The Balaban J connectivity index is 0.000000220. The Hall–Kier alpha value is -2.03. The topological polar surface area (TPSA) is 39.8 Å². The largest absolute Gasteiger partial charge is 0.619 e. The van der Waals surface area contributed by atoms with E-state index >= 15 is 0 Å². The first-order chi connectivity index (χ1) is 10.0. The Bertz CT molecular complexity index is 629. The fraction of sp³-hybridized carbons (Fsp3) is 0.167. The SMILES string of the molecule is FC(F)(F)c1cccnc1Cl.[O-][n+]1cccc(C(F)(F)F)c1. The maximum atomic E-state index is 11.9. The van der Waals surface area contributed by atoms with Crippen LogP contribution in [0.25, 0.3) is 0 Å². The molecule has 0 aliphatic rings. The number of hydrogen-bond donors (Lipinski definition) is 0. The molecule has 3 nitrogen and oxygen atoms in total. The van der Waals surface area contributed by atoms with Gasteiger partial charge in [-0.25, -0.2) is 4.98 Å². The fourth-order valence-corrected chi connectivity index (χ4v) is 1.45. The maximum absolute atomic E-state index is 11.9. The quantitative estimate of drug-likeness (QED) is 0.312. The number of hydrogen-bond acceptors (Lipinski definition) is 2. The molecule has 22 heavy (non-hydrogen) atoms. The molecule has 2 aromatic rings. The number of alkyl halides is 6. The molecule has 0 radical (unpaired) electrons. The highest BCUT2D eigenvalue weighted by Crippen LogP contribution is 2.32. The number of nitrogens with zero attached hydrogens (tertiary/aromatic N) is 2. The first kappa shape index (κ1) is 18.0. The zero-order valence-corrected chi connectivity index (χ0v) is 11.2. The molecule has 120 valence electrons. The molecule has 0 saturated heterocycles. The Kier molecular flexibility index (Phi) is 5.59. The number of halogens is 7. The van der Waals surface area contributed by atoms with Crippen LogP contribution in [0.5, 0.6) is 0 Å². The van der Waals surface area contributed by atoms with Gasteiger partial charge in [0.25, 0.3) is 0 Å². The summed E-state index contributed by atoms with van der Waals surface area (Å²) in [6.07, 6.45) is -6.16. The molecule has 0 spiro atoms. The van der Waals surface area contributed by atoms with E-state index in [1.807, 2.05) is 0 Å². The fourth-order valence-electron chi connectivity index (χ4n) is 1.22. The summed E-state index contributed by atoms with van der Waals surface area (Å²) in [4.78, 5) is 3.29. The van der Waals surface area contributed by atoms with Crippen molar-refractivity contribution in [1.82, 2.24) is 4.98 Å². The monoisotopic (exact) mass is 344 g/mol. The number of pyridine rings is 2. The second-order valence-corrected chi connectivity index (χ2v) is 4.15. The lowest BCUT2D eigenvalue weighted by molar-refractivity contribution is -0.606. The minimum atomic E-state index is -4.44. The summed E-state index contributed by atoms with van der Waals surface area (Å²) in [5, 5.41) is 9.84. The zero-order valence-electron chi connectivity index (χ0n) is 10.5. The van der Waals surface area contributed by atoms with Crippen molar-refractivity contribution in [2.45, 2.75) is 12.4 Å². The van der Waals surface area contributed by atoms with Gasteiger partial charge in [0.05, 0.1) is 5.56 Å². The predicted molar refractivity (Wildman–Crippen MR) is 64.7 cm³/mol.